The number of amides is 1. The molecular formula is C16H16N4O2. The molecule has 2 heterocycles. The van der Waals surface area contributed by atoms with Gasteiger partial charge in [0.25, 0.3) is 0 Å². The van der Waals surface area contributed by atoms with Gasteiger partial charge in [0.1, 0.15) is 6.61 Å². The van der Waals surface area contributed by atoms with Crippen molar-refractivity contribution in [2.24, 2.45) is 0 Å². The Morgan fingerprint density at radius 1 is 1.41 bits per heavy atom. The van der Waals surface area contributed by atoms with E-state index in [0.29, 0.717) is 5.78 Å². The molecule has 2 aromatic heterocycles. The molecule has 0 atom stereocenters. The number of aromatic nitrogens is 3. The molecule has 0 aliphatic rings. The number of carbonyl (C=O) groups is 1. The van der Waals surface area contributed by atoms with Crippen molar-refractivity contribution in [2.45, 2.75) is 6.92 Å². The molecule has 6 heteroatoms. The van der Waals surface area contributed by atoms with Crippen LogP contribution in [-0.2, 0) is 9.53 Å². The normalized spacial score (nSPS) is 10.8. The Kier molecular flexibility index (Phi) is 3.84. The molecule has 0 spiro atoms. The lowest BCUT2D eigenvalue weighted by Gasteiger charge is -2.09. The molecule has 0 radical (unpaired) electrons. The molecule has 1 aromatic carbocycles. The zero-order chi connectivity index (χ0) is 15.5. The van der Waals surface area contributed by atoms with Gasteiger partial charge < -0.3 is 10.1 Å². The van der Waals surface area contributed by atoms with E-state index in [2.05, 4.69) is 15.3 Å². The lowest BCUT2D eigenvalue weighted by molar-refractivity contribution is -0.119. The number of methoxy groups -OCH3 is 1. The van der Waals surface area contributed by atoms with Gasteiger partial charge in [-0.1, -0.05) is 12.1 Å². The molecule has 0 aliphatic heterocycles. The van der Waals surface area contributed by atoms with Gasteiger partial charge in [-0.05, 0) is 24.6 Å². The first-order valence-electron chi connectivity index (χ1n) is 6.87. The molecule has 0 aliphatic carbocycles. The molecule has 1 N–H and O–H groups in total. The first kappa shape index (κ1) is 14.2. The van der Waals surface area contributed by atoms with Gasteiger partial charge in [0.05, 0.1) is 5.69 Å². The van der Waals surface area contributed by atoms with Crippen molar-refractivity contribution in [2.75, 3.05) is 19.0 Å². The summed E-state index contributed by atoms with van der Waals surface area (Å²) >= 11 is 0. The van der Waals surface area contributed by atoms with Gasteiger partial charge in [-0.15, -0.1) is 0 Å². The van der Waals surface area contributed by atoms with Crippen molar-refractivity contribution in [3.05, 3.63) is 48.4 Å². The Balaban J connectivity index is 1.95. The number of rotatable bonds is 4. The number of anilines is 1. The van der Waals surface area contributed by atoms with Gasteiger partial charge in [-0.25, -0.2) is 9.97 Å². The van der Waals surface area contributed by atoms with Crippen molar-refractivity contribution >= 4 is 17.4 Å². The highest BCUT2D eigenvalue weighted by Gasteiger charge is 2.09. The Labute approximate surface area is 127 Å². The number of carbonyl (C=O) groups excluding carboxylic acids is 1. The molecule has 6 nitrogen and oxygen atoms in total. The first-order chi connectivity index (χ1) is 10.7. The summed E-state index contributed by atoms with van der Waals surface area (Å²) in [5.41, 5.74) is 3.46. The zero-order valence-corrected chi connectivity index (χ0v) is 12.4. The van der Waals surface area contributed by atoms with E-state index in [4.69, 9.17) is 4.74 Å². The van der Waals surface area contributed by atoms with Gasteiger partial charge >= 0.3 is 0 Å². The smallest absolute Gasteiger partial charge is 0.250 e. The van der Waals surface area contributed by atoms with E-state index < -0.39 is 0 Å². The average molecular weight is 296 g/mol. The minimum atomic E-state index is -0.181. The number of imidazole rings is 1. The predicted octanol–water partition coefficient (Wildman–Crippen LogP) is 2.29. The summed E-state index contributed by atoms with van der Waals surface area (Å²) in [5.74, 6) is 0.461. The summed E-state index contributed by atoms with van der Waals surface area (Å²) in [5, 5.41) is 2.84. The molecule has 0 saturated heterocycles. The number of fused-ring (bicyclic) bond motifs is 1. The Morgan fingerprint density at radius 2 is 2.27 bits per heavy atom. The Morgan fingerprint density at radius 3 is 3.05 bits per heavy atom. The quantitative estimate of drug-likeness (QED) is 0.802. The number of benzene rings is 1. The number of hydrogen-bond donors (Lipinski definition) is 1. The fraction of sp³-hybridized carbons (Fsp3) is 0.188. The second-order valence-corrected chi connectivity index (χ2v) is 4.96. The molecule has 0 fully saturated rings. The van der Waals surface area contributed by atoms with Crippen LogP contribution in [0.2, 0.25) is 0 Å². The van der Waals surface area contributed by atoms with Crippen LogP contribution in [-0.4, -0.2) is 34.0 Å². The Hall–Kier alpha value is -2.73. The van der Waals surface area contributed by atoms with E-state index in [9.17, 15) is 4.79 Å². The van der Waals surface area contributed by atoms with Crippen LogP contribution in [0, 0.1) is 6.92 Å². The summed E-state index contributed by atoms with van der Waals surface area (Å²) < 4.78 is 6.69. The van der Waals surface area contributed by atoms with Crippen molar-refractivity contribution in [1.82, 2.24) is 14.4 Å². The van der Waals surface area contributed by atoms with Crippen LogP contribution in [0.15, 0.2) is 42.9 Å². The standard InChI is InChI=1S/C16H16N4O2/c1-11-4-5-12(8-13(11)18-15(21)10-22-2)14-9-20-7-3-6-17-16(20)19-14/h3-9H,10H2,1-2H3,(H,18,21). The van der Waals surface area contributed by atoms with Crippen LogP contribution in [0.4, 0.5) is 5.69 Å². The maximum atomic E-state index is 11.7. The molecule has 3 aromatic rings. The van der Waals surface area contributed by atoms with Crippen LogP contribution in [0.3, 0.4) is 0 Å². The molecule has 0 unspecified atom stereocenters. The molecule has 22 heavy (non-hydrogen) atoms. The highest BCUT2D eigenvalue weighted by molar-refractivity contribution is 5.93. The Bertz CT molecular complexity index is 793. The van der Waals surface area contributed by atoms with E-state index in [1.54, 1.807) is 6.20 Å². The van der Waals surface area contributed by atoms with Crippen LogP contribution in [0.1, 0.15) is 5.56 Å². The zero-order valence-electron chi connectivity index (χ0n) is 12.4. The molecule has 1 amide bonds. The number of aryl methyl sites for hydroxylation is 1. The molecular weight excluding hydrogens is 280 g/mol. The van der Waals surface area contributed by atoms with Crippen molar-refractivity contribution in [3.8, 4) is 11.3 Å². The summed E-state index contributed by atoms with van der Waals surface area (Å²) in [6, 6.07) is 7.69. The first-order valence-corrected chi connectivity index (χ1v) is 6.87. The molecule has 112 valence electrons. The maximum absolute atomic E-state index is 11.7. The van der Waals surface area contributed by atoms with Crippen LogP contribution in [0.5, 0.6) is 0 Å². The van der Waals surface area contributed by atoms with Crippen LogP contribution >= 0.6 is 0 Å². The number of nitrogens with one attached hydrogen (secondary N) is 1. The molecule has 0 bridgehead atoms. The van der Waals surface area contributed by atoms with E-state index in [1.807, 2.05) is 48.0 Å². The van der Waals surface area contributed by atoms with Crippen molar-refractivity contribution < 1.29 is 9.53 Å². The fourth-order valence-corrected chi connectivity index (χ4v) is 2.20. The number of ether oxygens (including phenoxy) is 1. The van der Waals surface area contributed by atoms with Gasteiger partial charge in [-0.3, -0.25) is 9.20 Å². The minimum Gasteiger partial charge on any atom is -0.375 e. The lowest BCUT2D eigenvalue weighted by Crippen LogP contribution is -2.17. The largest absolute Gasteiger partial charge is 0.375 e. The molecule has 3 rings (SSSR count). The topological polar surface area (TPSA) is 68.5 Å². The fourth-order valence-electron chi connectivity index (χ4n) is 2.20. The second-order valence-electron chi connectivity index (χ2n) is 4.96. The third-order valence-corrected chi connectivity index (χ3v) is 3.32. The highest BCUT2D eigenvalue weighted by Crippen LogP contribution is 2.24. The van der Waals surface area contributed by atoms with Crippen molar-refractivity contribution in [1.29, 1.82) is 0 Å². The third-order valence-electron chi connectivity index (χ3n) is 3.32. The number of nitrogens with zero attached hydrogens (tertiary/aromatic N) is 3. The van der Waals surface area contributed by atoms with Crippen LogP contribution < -0.4 is 5.32 Å². The predicted molar refractivity (Wildman–Crippen MR) is 83.7 cm³/mol. The summed E-state index contributed by atoms with van der Waals surface area (Å²) in [7, 11) is 1.49. The van der Waals surface area contributed by atoms with Crippen LogP contribution in [0.25, 0.3) is 17.0 Å². The summed E-state index contributed by atoms with van der Waals surface area (Å²) in [6.07, 6.45) is 5.51. The third kappa shape index (κ3) is 2.82. The SMILES string of the molecule is COCC(=O)Nc1cc(-c2cn3cccnc3n2)ccc1C. The number of hydrogen-bond acceptors (Lipinski definition) is 4. The lowest BCUT2D eigenvalue weighted by atomic mass is 10.1. The van der Waals surface area contributed by atoms with E-state index in [1.165, 1.54) is 7.11 Å². The van der Waals surface area contributed by atoms with E-state index in [-0.39, 0.29) is 12.5 Å². The second kappa shape index (κ2) is 5.95. The van der Waals surface area contributed by atoms with E-state index in [0.717, 1.165) is 22.5 Å². The molecule has 0 saturated carbocycles. The van der Waals surface area contributed by atoms with Gasteiger partial charge in [0, 0.05) is 37.0 Å². The van der Waals surface area contributed by atoms with Crippen molar-refractivity contribution in [3.63, 3.8) is 0 Å². The monoisotopic (exact) mass is 296 g/mol. The minimum absolute atomic E-state index is 0.0297. The summed E-state index contributed by atoms with van der Waals surface area (Å²) in [6.45, 7) is 1.97. The van der Waals surface area contributed by atoms with Gasteiger partial charge in [-0.2, -0.15) is 0 Å². The summed E-state index contributed by atoms with van der Waals surface area (Å²) in [4.78, 5) is 20.4. The average Bonchev–Trinajstić information content (AvgIpc) is 2.93. The maximum Gasteiger partial charge on any atom is 0.250 e. The van der Waals surface area contributed by atoms with Gasteiger partial charge in [0.2, 0.25) is 11.7 Å². The van der Waals surface area contributed by atoms with E-state index >= 15 is 0 Å². The highest BCUT2D eigenvalue weighted by atomic mass is 16.5. The van der Waals surface area contributed by atoms with Gasteiger partial charge in [0.15, 0.2) is 0 Å².